The molecule has 1 aromatic rings. The Kier molecular flexibility index (Phi) is 5.48. The summed E-state index contributed by atoms with van der Waals surface area (Å²) < 4.78 is 2.06. The average molecular weight is 240 g/mol. The van der Waals surface area contributed by atoms with Crippen molar-refractivity contribution in [3.8, 4) is 0 Å². The quantitative estimate of drug-likeness (QED) is 0.731. The van der Waals surface area contributed by atoms with E-state index in [0.29, 0.717) is 19.1 Å². The summed E-state index contributed by atoms with van der Waals surface area (Å²) in [6.45, 7) is 7.72. The van der Waals surface area contributed by atoms with Gasteiger partial charge >= 0.3 is 6.03 Å². The van der Waals surface area contributed by atoms with E-state index in [1.165, 1.54) is 0 Å². The van der Waals surface area contributed by atoms with Crippen molar-refractivity contribution in [2.45, 2.75) is 27.3 Å². The highest BCUT2D eigenvalue weighted by Crippen LogP contribution is 2.02. The fourth-order valence-electron chi connectivity index (χ4n) is 1.44. The van der Waals surface area contributed by atoms with Crippen molar-refractivity contribution >= 4 is 6.03 Å². The van der Waals surface area contributed by atoms with Crippen LogP contribution in [0.15, 0.2) is 12.4 Å². The molecule has 0 aliphatic heterocycles. The lowest BCUT2D eigenvalue weighted by atomic mass is 10.2. The SMILES string of the molecule is CCONC(=O)NC[C@@H](C)Cn1ccnc1C. The molecule has 1 heterocycles. The maximum atomic E-state index is 11.2. The minimum atomic E-state index is -0.305. The molecule has 6 nitrogen and oxygen atoms in total. The molecule has 1 rings (SSSR count). The molecule has 6 heteroatoms. The van der Waals surface area contributed by atoms with Crippen LogP contribution in [0.5, 0.6) is 0 Å². The fraction of sp³-hybridized carbons (Fsp3) is 0.636. The molecule has 0 saturated carbocycles. The summed E-state index contributed by atoms with van der Waals surface area (Å²) in [5.41, 5.74) is 2.29. The van der Waals surface area contributed by atoms with Gasteiger partial charge < -0.3 is 9.88 Å². The van der Waals surface area contributed by atoms with E-state index < -0.39 is 0 Å². The Morgan fingerprint density at radius 2 is 2.41 bits per heavy atom. The van der Waals surface area contributed by atoms with Crippen LogP contribution in [0.25, 0.3) is 0 Å². The van der Waals surface area contributed by atoms with Crippen molar-refractivity contribution < 1.29 is 9.63 Å². The number of carbonyl (C=O) groups is 1. The van der Waals surface area contributed by atoms with Gasteiger partial charge in [0.25, 0.3) is 0 Å². The van der Waals surface area contributed by atoms with Crippen molar-refractivity contribution in [1.29, 1.82) is 0 Å². The molecule has 2 N–H and O–H groups in total. The molecule has 0 aliphatic rings. The summed E-state index contributed by atoms with van der Waals surface area (Å²) in [4.78, 5) is 20.1. The van der Waals surface area contributed by atoms with Crippen LogP contribution in [0.3, 0.4) is 0 Å². The number of aryl methyl sites for hydroxylation is 1. The van der Waals surface area contributed by atoms with Crippen molar-refractivity contribution in [2.24, 2.45) is 5.92 Å². The molecule has 1 aromatic heterocycles. The number of hydrogen-bond acceptors (Lipinski definition) is 3. The molecule has 1 atom stereocenters. The molecule has 0 bridgehead atoms. The van der Waals surface area contributed by atoms with Gasteiger partial charge in [0.05, 0.1) is 6.61 Å². The molecule has 0 saturated heterocycles. The van der Waals surface area contributed by atoms with Gasteiger partial charge in [0.15, 0.2) is 0 Å². The number of aromatic nitrogens is 2. The number of hydrogen-bond donors (Lipinski definition) is 2. The second kappa shape index (κ2) is 6.90. The van der Waals surface area contributed by atoms with E-state index in [4.69, 9.17) is 4.84 Å². The minimum absolute atomic E-state index is 0.305. The number of urea groups is 1. The number of nitrogens with one attached hydrogen (secondary N) is 2. The van der Waals surface area contributed by atoms with Gasteiger partial charge in [-0.2, -0.15) is 0 Å². The van der Waals surface area contributed by atoms with Crippen LogP contribution in [-0.2, 0) is 11.4 Å². The molecule has 17 heavy (non-hydrogen) atoms. The number of hydroxylamine groups is 1. The number of amides is 2. The molecule has 96 valence electrons. The van der Waals surface area contributed by atoms with Crippen LogP contribution in [0.2, 0.25) is 0 Å². The predicted molar refractivity (Wildman–Crippen MR) is 64.3 cm³/mol. The number of imidazole rings is 1. The monoisotopic (exact) mass is 240 g/mol. The Hall–Kier alpha value is -1.56. The van der Waals surface area contributed by atoms with E-state index >= 15 is 0 Å². The van der Waals surface area contributed by atoms with Crippen molar-refractivity contribution in [1.82, 2.24) is 20.3 Å². The van der Waals surface area contributed by atoms with Crippen LogP contribution in [0.4, 0.5) is 4.79 Å². The average Bonchev–Trinajstić information content (AvgIpc) is 2.69. The molecule has 2 amide bonds. The number of carbonyl (C=O) groups excluding carboxylic acids is 1. The first kappa shape index (κ1) is 13.5. The maximum absolute atomic E-state index is 11.2. The second-order valence-corrected chi connectivity index (χ2v) is 3.98. The van der Waals surface area contributed by atoms with Gasteiger partial charge in [0, 0.05) is 25.5 Å². The van der Waals surface area contributed by atoms with Gasteiger partial charge in [-0.15, -0.1) is 0 Å². The zero-order chi connectivity index (χ0) is 12.7. The van der Waals surface area contributed by atoms with Gasteiger partial charge in [-0.1, -0.05) is 6.92 Å². The van der Waals surface area contributed by atoms with Crippen LogP contribution in [0.1, 0.15) is 19.7 Å². The molecule has 0 aromatic carbocycles. The summed E-state index contributed by atoms with van der Waals surface area (Å²) in [7, 11) is 0. The topological polar surface area (TPSA) is 68.2 Å². The Bertz CT molecular complexity index is 351. The summed E-state index contributed by atoms with van der Waals surface area (Å²) in [6, 6.07) is -0.305. The molecule has 0 aliphatic carbocycles. The molecule has 0 fully saturated rings. The summed E-state index contributed by atoms with van der Waals surface area (Å²) in [6.07, 6.45) is 3.71. The van der Waals surface area contributed by atoms with Gasteiger partial charge in [-0.25, -0.2) is 15.3 Å². The van der Waals surface area contributed by atoms with E-state index in [-0.39, 0.29) is 6.03 Å². The number of rotatable bonds is 6. The second-order valence-electron chi connectivity index (χ2n) is 3.98. The van der Waals surface area contributed by atoms with Gasteiger partial charge in [-0.3, -0.25) is 4.84 Å². The van der Waals surface area contributed by atoms with Gasteiger partial charge in [-0.05, 0) is 19.8 Å². The third kappa shape index (κ3) is 4.86. The first-order valence-electron chi connectivity index (χ1n) is 5.76. The molecule has 0 spiro atoms. The highest BCUT2D eigenvalue weighted by atomic mass is 16.7. The van der Waals surface area contributed by atoms with E-state index in [0.717, 1.165) is 12.4 Å². The van der Waals surface area contributed by atoms with Crippen LogP contribution >= 0.6 is 0 Å². The summed E-state index contributed by atoms with van der Waals surface area (Å²) in [5.74, 6) is 1.31. The molecule has 0 unspecified atom stereocenters. The third-order valence-corrected chi connectivity index (χ3v) is 2.35. The Morgan fingerprint density at radius 1 is 1.65 bits per heavy atom. The first-order valence-corrected chi connectivity index (χ1v) is 5.76. The van der Waals surface area contributed by atoms with Crippen molar-refractivity contribution in [3.05, 3.63) is 18.2 Å². The molecule has 0 radical (unpaired) electrons. The molecular weight excluding hydrogens is 220 g/mol. The lowest BCUT2D eigenvalue weighted by Gasteiger charge is -2.14. The lowest BCUT2D eigenvalue weighted by molar-refractivity contribution is 0.0703. The van der Waals surface area contributed by atoms with E-state index in [1.807, 2.05) is 20.0 Å². The summed E-state index contributed by atoms with van der Waals surface area (Å²) >= 11 is 0. The smallest absolute Gasteiger partial charge is 0.336 e. The third-order valence-electron chi connectivity index (χ3n) is 2.35. The van der Waals surface area contributed by atoms with E-state index in [2.05, 4.69) is 27.3 Å². The summed E-state index contributed by atoms with van der Waals surface area (Å²) in [5, 5.41) is 2.74. The number of nitrogens with zero attached hydrogens (tertiary/aromatic N) is 2. The highest BCUT2D eigenvalue weighted by molar-refractivity contribution is 5.72. The van der Waals surface area contributed by atoms with Gasteiger partial charge in [0.2, 0.25) is 0 Å². The van der Waals surface area contributed by atoms with Crippen LogP contribution < -0.4 is 10.8 Å². The zero-order valence-corrected chi connectivity index (χ0v) is 10.6. The Labute approximate surface area is 101 Å². The Morgan fingerprint density at radius 3 is 3.00 bits per heavy atom. The van der Waals surface area contributed by atoms with Gasteiger partial charge in [0.1, 0.15) is 5.82 Å². The normalized spacial score (nSPS) is 12.2. The lowest BCUT2D eigenvalue weighted by Crippen LogP contribution is -2.38. The standard InChI is InChI=1S/C11H20N4O2/c1-4-17-14-11(16)13-7-9(2)8-15-6-5-12-10(15)3/h5-6,9H,4,7-8H2,1-3H3,(H2,13,14,16)/t9-/m1/s1. The van der Waals surface area contributed by atoms with Crippen LogP contribution in [0, 0.1) is 12.8 Å². The zero-order valence-electron chi connectivity index (χ0n) is 10.6. The predicted octanol–water partition coefficient (Wildman–Crippen LogP) is 1.08. The Balaban J connectivity index is 2.23. The molecular formula is C11H20N4O2. The van der Waals surface area contributed by atoms with E-state index in [9.17, 15) is 4.79 Å². The van der Waals surface area contributed by atoms with E-state index in [1.54, 1.807) is 6.20 Å². The fourth-order valence-corrected chi connectivity index (χ4v) is 1.44. The largest absolute Gasteiger partial charge is 0.338 e. The maximum Gasteiger partial charge on any atom is 0.338 e. The first-order chi connectivity index (χ1) is 8.13. The highest BCUT2D eigenvalue weighted by Gasteiger charge is 2.07. The van der Waals surface area contributed by atoms with Crippen molar-refractivity contribution in [2.75, 3.05) is 13.2 Å². The van der Waals surface area contributed by atoms with Crippen LogP contribution in [-0.4, -0.2) is 28.7 Å². The minimum Gasteiger partial charge on any atom is -0.336 e. The van der Waals surface area contributed by atoms with Crippen molar-refractivity contribution in [3.63, 3.8) is 0 Å².